The predicted molar refractivity (Wildman–Crippen MR) is 77.3 cm³/mol. The van der Waals surface area contributed by atoms with Crippen LogP contribution in [-0.2, 0) is 6.54 Å². The first-order valence-corrected chi connectivity index (χ1v) is 7.76. The Balaban J connectivity index is 1.45. The average molecular weight is 288 g/mol. The molecule has 1 aliphatic carbocycles. The summed E-state index contributed by atoms with van der Waals surface area (Å²) in [7, 11) is 0. The quantitative estimate of drug-likeness (QED) is 0.939. The molecule has 1 aliphatic heterocycles. The highest BCUT2D eigenvalue weighted by Gasteiger charge is 2.25. The smallest absolute Gasteiger partial charge is 0.184 e. The van der Waals surface area contributed by atoms with E-state index in [-0.39, 0.29) is 6.10 Å². The van der Waals surface area contributed by atoms with Gasteiger partial charge in [0.05, 0.1) is 0 Å². The number of thiazole rings is 1. The minimum atomic E-state index is -0.0930. The van der Waals surface area contributed by atoms with E-state index in [1.165, 1.54) is 17.7 Å². The number of fused-ring (bicyclic) bond motifs is 1. The molecule has 1 fully saturated rings. The van der Waals surface area contributed by atoms with Gasteiger partial charge in [-0.05, 0) is 25.0 Å². The van der Waals surface area contributed by atoms with E-state index in [1.54, 1.807) is 11.3 Å². The van der Waals surface area contributed by atoms with Crippen molar-refractivity contribution in [2.24, 2.45) is 0 Å². The van der Waals surface area contributed by atoms with Crippen LogP contribution >= 0.6 is 11.3 Å². The molecular weight excluding hydrogens is 272 g/mol. The van der Waals surface area contributed by atoms with Crippen molar-refractivity contribution < 1.29 is 9.47 Å². The van der Waals surface area contributed by atoms with Gasteiger partial charge in [-0.25, -0.2) is 4.98 Å². The van der Waals surface area contributed by atoms with Crippen molar-refractivity contribution in [3.05, 3.63) is 40.3 Å². The second-order valence-corrected chi connectivity index (χ2v) is 6.33. The summed E-state index contributed by atoms with van der Waals surface area (Å²) in [6, 6.07) is 8.50. The van der Waals surface area contributed by atoms with Gasteiger partial charge in [0, 0.05) is 23.7 Å². The lowest BCUT2D eigenvalue weighted by Crippen LogP contribution is -2.21. The number of ether oxygens (including phenoxy) is 2. The lowest BCUT2D eigenvalue weighted by atomic mass is 10.2. The maximum absolute atomic E-state index is 5.97. The summed E-state index contributed by atoms with van der Waals surface area (Å²) in [6.45, 7) is 1.44. The highest BCUT2D eigenvalue weighted by Crippen LogP contribution is 2.36. The number of rotatable bonds is 4. The molecule has 1 aromatic heterocycles. The molecule has 1 atom stereocenters. The highest BCUT2D eigenvalue weighted by atomic mass is 32.1. The third-order valence-electron chi connectivity index (χ3n) is 3.50. The normalized spacial score (nSPS) is 20.9. The summed E-state index contributed by atoms with van der Waals surface area (Å²) in [5, 5.41) is 4.50. The van der Waals surface area contributed by atoms with Gasteiger partial charge in [-0.2, -0.15) is 0 Å². The number of hydrogen-bond donors (Lipinski definition) is 1. The second kappa shape index (κ2) is 5.07. The van der Waals surface area contributed by atoms with E-state index >= 15 is 0 Å². The molecular formula is C15H16N2O2S. The Morgan fingerprint density at radius 2 is 2.10 bits per heavy atom. The van der Waals surface area contributed by atoms with E-state index < -0.39 is 0 Å². The molecule has 2 aromatic rings. The largest absolute Gasteiger partial charge is 0.485 e. The third kappa shape index (κ3) is 2.51. The van der Waals surface area contributed by atoms with Crippen LogP contribution in [0, 0.1) is 0 Å². The molecule has 0 bridgehead atoms. The predicted octanol–water partition coefficient (Wildman–Crippen LogP) is 2.91. The Labute approximate surface area is 121 Å². The first-order chi connectivity index (χ1) is 9.88. The number of hydrogen-bond acceptors (Lipinski definition) is 5. The van der Waals surface area contributed by atoms with Gasteiger partial charge in [-0.15, -0.1) is 11.3 Å². The van der Waals surface area contributed by atoms with Crippen molar-refractivity contribution in [3.63, 3.8) is 0 Å². The van der Waals surface area contributed by atoms with Crippen LogP contribution in [0.2, 0.25) is 0 Å². The molecule has 0 amide bonds. The zero-order valence-corrected chi connectivity index (χ0v) is 11.9. The molecule has 20 heavy (non-hydrogen) atoms. The van der Waals surface area contributed by atoms with Gasteiger partial charge in [0.2, 0.25) is 0 Å². The van der Waals surface area contributed by atoms with Gasteiger partial charge in [-0.3, -0.25) is 0 Å². The molecule has 2 heterocycles. The molecule has 5 heteroatoms. The topological polar surface area (TPSA) is 43.4 Å². The lowest BCUT2D eigenvalue weighted by molar-refractivity contribution is 0.0911. The molecule has 1 saturated carbocycles. The minimum Gasteiger partial charge on any atom is -0.485 e. The Bertz CT molecular complexity index is 609. The molecule has 104 valence electrons. The van der Waals surface area contributed by atoms with Crippen LogP contribution in [0.15, 0.2) is 30.5 Å². The number of aromatic nitrogens is 1. The fourth-order valence-corrected chi connectivity index (χ4v) is 3.11. The van der Waals surface area contributed by atoms with E-state index in [9.17, 15) is 0 Å². The highest BCUT2D eigenvalue weighted by molar-refractivity contribution is 7.11. The molecule has 1 unspecified atom stereocenters. The van der Waals surface area contributed by atoms with Gasteiger partial charge < -0.3 is 14.8 Å². The van der Waals surface area contributed by atoms with Crippen molar-refractivity contribution in [2.45, 2.75) is 31.5 Å². The first-order valence-electron chi connectivity index (χ1n) is 6.95. The maximum atomic E-state index is 5.97. The van der Waals surface area contributed by atoms with Gasteiger partial charge in [-0.1, -0.05) is 12.1 Å². The van der Waals surface area contributed by atoms with Crippen LogP contribution in [0.25, 0.3) is 0 Å². The number of nitrogens with zero attached hydrogens (tertiary/aromatic N) is 1. The van der Waals surface area contributed by atoms with Crippen LogP contribution in [0.3, 0.4) is 0 Å². The molecule has 0 spiro atoms. The number of benzene rings is 1. The zero-order valence-electron chi connectivity index (χ0n) is 11.0. The molecule has 1 N–H and O–H groups in total. The van der Waals surface area contributed by atoms with Gasteiger partial charge in [0.1, 0.15) is 11.6 Å². The van der Waals surface area contributed by atoms with Crippen molar-refractivity contribution in [3.8, 4) is 11.5 Å². The van der Waals surface area contributed by atoms with Crippen LogP contribution < -0.4 is 14.8 Å². The maximum Gasteiger partial charge on any atom is 0.184 e. The average Bonchev–Trinajstić information content (AvgIpc) is 3.21. The van der Waals surface area contributed by atoms with Crippen molar-refractivity contribution >= 4 is 11.3 Å². The van der Waals surface area contributed by atoms with Crippen LogP contribution in [0.1, 0.15) is 28.8 Å². The summed E-state index contributed by atoms with van der Waals surface area (Å²) in [4.78, 5) is 5.74. The van der Waals surface area contributed by atoms with Gasteiger partial charge in [0.15, 0.2) is 17.6 Å². The van der Waals surface area contributed by atoms with Crippen LogP contribution in [0.5, 0.6) is 11.5 Å². The van der Waals surface area contributed by atoms with Gasteiger partial charge in [0.25, 0.3) is 0 Å². The lowest BCUT2D eigenvalue weighted by Gasteiger charge is -2.24. The molecule has 2 aliphatic rings. The molecule has 0 saturated heterocycles. The molecule has 4 nitrogen and oxygen atoms in total. The Morgan fingerprint density at radius 3 is 2.95 bits per heavy atom. The summed E-state index contributed by atoms with van der Waals surface area (Å²) >= 11 is 1.71. The van der Waals surface area contributed by atoms with E-state index in [0.717, 1.165) is 29.1 Å². The minimum absolute atomic E-state index is 0.0930. The Morgan fingerprint density at radius 1 is 1.25 bits per heavy atom. The third-order valence-corrected chi connectivity index (χ3v) is 4.59. The summed E-state index contributed by atoms with van der Waals surface area (Å²) in [5.74, 6) is 1.62. The van der Waals surface area contributed by atoms with Crippen molar-refractivity contribution in [1.82, 2.24) is 10.3 Å². The zero-order chi connectivity index (χ0) is 13.4. The van der Waals surface area contributed by atoms with Crippen LogP contribution in [0.4, 0.5) is 0 Å². The van der Waals surface area contributed by atoms with Crippen LogP contribution in [-0.4, -0.2) is 17.6 Å². The second-order valence-electron chi connectivity index (χ2n) is 5.18. The fraction of sp³-hybridized carbons (Fsp3) is 0.400. The SMILES string of the molecule is c1ccc2c(c1)OCC(c1ncc(CNC3CC3)s1)O2. The Kier molecular flexibility index (Phi) is 3.09. The Hall–Kier alpha value is -1.59. The summed E-state index contributed by atoms with van der Waals surface area (Å²) < 4.78 is 11.7. The number of nitrogens with one attached hydrogen (secondary N) is 1. The summed E-state index contributed by atoms with van der Waals surface area (Å²) in [5.41, 5.74) is 0. The van der Waals surface area contributed by atoms with E-state index in [2.05, 4.69) is 10.3 Å². The van der Waals surface area contributed by atoms with E-state index in [4.69, 9.17) is 9.47 Å². The molecule has 1 aromatic carbocycles. The van der Waals surface area contributed by atoms with Crippen molar-refractivity contribution in [2.75, 3.05) is 6.61 Å². The monoisotopic (exact) mass is 288 g/mol. The standard InChI is InChI=1S/C15H16N2O2S/c1-2-4-13-12(3-1)18-9-14(19-13)15-17-8-11(20-15)7-16-10-5-6-10/h1-4,8,10,14,16H,5-7,9H2. The van der Waals surface area contributed by atoms with Crippen molar-refractivity contribution in [1.29, 1.82) is 0 Å². The summed E-state index contributed by atoms with van der Waals surface area (Å²) in [6.07, 6.45) is 4.47. The molecule has 4 rings (SSSR count). The first kappa shape index (κ1) is 12.2. The van der Waals surface area contributed by atoms with Gasteiger partial charge >= 0.3 is 0 Å². The fourth-order valence-electron chi connectivity index (χ4n) is 2.23. The number of para-hydroxylation sites is 2. The van der Waals surface area contributed by atoms with E-state index in [1.807, 2.05) is 30.5 Å². The van der Waals surface area contributed by atoms with E-state index in [0.29, 0.717) is 6.61 Å². The molecule has 0 radical (unpaired) electrons.